The summed E-state index contributed by atoms with van der Waals surface area (Å²) in [5.74, 6) is 1.36. The second-order valence-electron chi connectivity index (χ2n) is 6.45. The second kappa shape index (κ2) is 6.42. The molecular formula is C17H24N4S. The van der Waals surface area contributed by atoms with Gasteiger partial charge in [-0.1, -0.05) is 0 Å². The van der Waals surface area contributed by atoms with Crippen LogP contribution in [0.25, 0.3) is 10.7 Å². The molecule has 0 N–H and O–H groups in total. The Bertz CT molecular complexity index is 650. The molecule has 5 heteroatoms. The Morgan fingerprint density at radius 3 is 2.73 bits per heavy atom. The first kappa shape index (κ1) is 15.6. The number of hydrogen-bond acceptors (Lipinski definition) is 5. The fraction of sp³-hybridized carbons (Fsp3) is 0.588. The zero-order valence-corrected chi connectivity index (χ0v) is 14.7. The van der Waals surface area contributed by atoms with Gasteiger partial charge < -0.3 is 4.90 Å². The van der Waals surface area contributed by atoms with E-state index in [1.54, 1.807) is 11.3 Å². The van der Waals surface area contributed by atoms with Crippen LogP contribution in [0.15, 0.2) is 11.4 Å². The molecule has 0 amide bonds. The Kier molecular flexibility index (Phi) is 4.54. The molecule has 118 valence electrons. The van der Waals surface area contributed by atoms with Crippen molar-refractivity contribution < 1.29 is 0 Å². The molecule has 0 bridgehead atoms. The third kappa shape index (κ3) is 3.36. The predicted molar refractivity (Wildman–Crippen MR) is 91.3 cm³/mol. The zero-order chi connectivity index (χ0) is 15.7. The van der Waals surface area contributed by atoms with Crippen LogP contribution < -0.4 is 0 Å². The summed E-state index contributed by atoms with van der Waals surface area (Å²) in [5, 5.41) is 3.08. The summed E-state index contributed by atoms with van der Waals surface area (Å²) < 4.78 is 0. The van der Waals surface area contributed by atoms with Crippen molar-refractivity contribution in [3.05, 3.63) is 28.7 Å². The van der Waals surface area contributed by atoms with Gasteiger partial charge in [0.05, 0.1) is 0 Å². The molecule has 1 aliphatic heterocycles. The molecule has 4 nitrogen and oxygen atoms in total. The number of nitrogens with zero attached hydrogens (tertiary/aromatic N) is 4. The highest BCUT2D eigenvalue weighted by molar-refractivity contribution is 7.13. The van der Waals surface area contributed by atoms with Gasteiger partial charge >= 0.3 is 0 Å². The molecule has 1 fully saturated rings. The molecule has 1 saturated heterocycles. The summed E-state index contributed by atoms with van der Waals surface area (Å²) in [6, 6.07) is 2.76. The van der Waals surface area contributed by atoms with Crippen LogP contribution in [-0.4, -0.2) is 39.0 Å². The quantitative estimate of drug-likeness (QED) is 0.863. The maximum Gasteiger partial charge on any atom is 0.142 e. The largest absolute Gasteiger partial charge is 0.300 e. The molecule has 0 saturated carbocycles. The van der Waals surface area contributed by atoms with Crippen LogP contribution in [0, 0.1) is 13.8 Å². The predicted octanol–water partition coefficient (Wildman–Crippen LogP) is 3.80. The maximum atomic E-state index is 4.72. The van der Waals surface area contributed by atoms with Crippen LogP contribution >= 0.6 is 11.3 Å². The van der Waals surface area contributed by atoms with Gasteiger partial charge in [0.25, 0.3) is 0 Å². The van der Waals surface area contributed by atoms with Crippen molar-refractivity contribution in [3.63, 3.8) is 0 Å². The Hall–Kier alpha value is -1.33. The zero-order valence-electron chi connectivity index (χ0n) is 13.8. The Balaban J connectivity index is 1.89. The smallest absolute Gasteiger partial charge is 0.142 e. The normalized spacial score (nSPS) is 19.8. The van der Waals surface area contributed by atoms with E-state index in [0.717, 1.165) is 28.8 Å². The first-order valence-electron chi connectivity index (χ1n) is 8.05. The van der Waals surface area contributed by atoms with Gasteiger partial charge in [-0.05, 0) is 53.1 Å². The lowest BCUT2D eigenvalue weighted by atomic mass is 9.93. The SMILES string of the molecule is Cc1csc(-c2cc([C@H]3CCCN(C(C)C)C3)nc(C)n2)n1. The fourth-order valence-corrected chi connectivity index (χ4v) is 3.85. The first-order chi connectivity index (χ1) is 10.5. The first-order valence-corrected chi connectivity index (χ1v) is 8.93. The van der Waals surface area contributed by atoms with Gasteiger partial charge in [-0.15, -0.1) is 11.3 Å². The highest BCUT2D eigenvalue weighted by Gasteiger charge is 2.24. The topological polar surface area (TPSA) is 41.9 Å². The number of likely N-dealkylation sites (tertiary alicyclic amines) is 1. The van der Waals surface area contributed by atoms with Gasteiger partial charge in [-0.2, -0.15) is 0 Å². The highest BCUT2D eigenvalue weighted by Crippen LogP contribution is 2.30. The van der Waals surface area contributed by atoms with Crippen LogP contribution in [0.3, 0.4) is 0 Å². The minimum Gasteiger partial charge on any atom is -0.300 e. The summed E-state index contributed by atoms with van der Waals surface area (Å²) in [5.41, 5.74) is 3.21. The number of piperidine rings is 1. The second-order valence-corrected chi connectivity index (χ2v) is 7.31. The van der Waals surface area contributed by atoms with E-state index in [0.29, 0.717) is 12.0 Å². The summed E-state index contributed by atoms with van der Waals surface area (Å²) in [4.78, 5) is 16.4. The van der Waals surface area contributed by atoms with Crippen LogP contribution in [0.2, 0.25) is 0 Å². The molecule has 1 atom stereocenters. The molecule has 22 heavy (non-hydrogen) atoms. The molecule has 2 aromatic heterocycles. The minimum absolute atomic E-state index is 0.512. The van der Waals surface area contributed by atoms with Crippen molar-refractivity contribution in [1.82, 2.24) is 19.9 Å². The molecule has 0 radical (unpaired) electrons. The van der Waals surface area contributed by atoms with Crippen molar-refractivity contribution in [2.24, 2.45) is 0 Å². The minimum atomic E-state index is 0.512. The van der Waals surface area contributed by atoms with E-state index in [1.165, 1.54) is 25.1 Å². The van der Waals surface area contributed by atoms with E-state index in [9.17, 15) is 0 Å². The van der Waals surface area contributed by atoms with Crippen LogP contribution in [0.1, 0.15) is 49.8 Å². The highest BCUT2D eigenvalue weighted by atomic mass is 32.1. The lowest BCUT2D eigenvalue weighted by Gasteiger charge is -2.35. The van der Waals surface area contributed by atoms with E-state index < -0.39 is 0 Å². The standard InChI is InChI=1S/C17H24N4S/c1-11(2)21-7-5-6-14(9-21)15-8-16(20-13(4)19-15)17-18-12(3)10-22-17/h8,10-11,14H,5-7,9H2,1-4H3/t14-/m0/s1. The van der Waals surface area contributed by atoms with E-state index in [4.69, 9.17) is 4.98 Å². The molecule has 3 rings (SSSR count). The van der Waals surface area contributed by atoms with Crippen LogP contribution in [0.4, 0.5) is 0 Å². The third-order valence-electron chi connectivity index (χ3n) is 4.30. The van der Waals surface area contributed by atoms with Crippen molar-refractivity contribution in [3.8, 4) is 10.7 Å². The van der Waals surface area contributed by atoms with Gasteiger partial charge in [0.2, 0.25) is 0 Å². The van der Waals surface area contributed by atoms with Crippen molar-refractivity contribution in [1.29, 1.82) is 0 Å². The molecule has 3 heterocycles. The average Bonchev–Trinajstić information content (AvgIpc) is 2.93. The van der Waals surface area contributed by atoms with Gasteiger partial charge in [0, 0.05) is 35.3 Å². The lowest BCUT2D eigenvalue weighted by Crippen LogP contribution is -2.39. The fourth-order valence-electron chi connectivity index (χ4n) is 3.10. The average molecular weight is 316 g/mol. The number of rotatable bonds is 3. The summed E-state index contributed by atoms with van der Waals surface area (Å²) >= 11 is 1.66. The van der Waals surface area contributed by atoms with E-state index in [1.807, 2.05) is 13.8 Å². The number of aryl methyl sites for hydroxylation is 2. The lowest BCUT2D eigenvalue weighted by molar-refractivity contribution is 0.166. The van der Waals surface area contributed by atoms with Gasteiger partial charge in [-0.25, -0.2) is 15.0 Å². The summed E-state index contributed by atoms with van der Waals surface area (Å²) in [7, 11) is 0. The third-order valence-corrected chi connectivity index (χ3v) is 5.28. The molecule has 2 aromatic rings. The Labute approximate surface area is 136 Å². The Morgan fingerprint density at radius 1 is 1.23 bits per heavy atom. The summed E-state index contributed by atoms with van der Waals surface area (Å²) in [6.07, 6.45) is 2.47. The van der Waals surface area contributed by atoms with Crippen LogP contribution in [0.5, 0.6) is 0 Å². The molecule has 0 aliphatic carbocycles. The van der Waals surface area contributed by atoms with E-state index in [2.05, 4.69) is 40.2 Å². The van der Waals surface area contributed by atoms with Gasteiger partial charge in [-0.3, -0.25) is 0 Å². The maximum absolute atomic E-state index is 4.72. The number of aromatic nitrogens is 3. The van der Waals surface area contributed by atoms with E-state index >= 15 is 0 Å². The van der Waals surface area contributed by atoms with Gasteiger partial charge in [0.1, 0.15) is 16.5 Å². The van der Waals surface area contributed by atoms with Gasteiger partial charge in [0.15, 0.2) is 0 Å². The number of thiazole rings is 1. The molecule has 1 aliphatic rings. The van der Waals surface area contributed by atoms with Crippen molar-refractivity contribution in [2.75, 3.05) is 13.1 Å². The van der Waals surface area contributed by atoms with Crippen molar-refractivity contribution >= 4 is 11.3 Å². The molecule has 0 spiro atoms. The summed E-state index contributed by atoms with van der Waals surface area (Å²) in [6.45, 7) is 10.9. The van der Waals surface area contributed by atoms with Crippen LogP contribution in [-0.2, 0) is 0 Å². The monoisotopic (exact) mass is 316 g/mol. The Morgan fingerprint density at radius 2 is 2.05 bits per heavy atom. The number of hydrogen-bond donors (Lipinski definition) is 0. The molecule has 0 aromatic carbocycles. The molecular weight excluding hydrogens is 292 g/mol. The van der Waals surface area contributed by atoms with E-state index in [-0.39, 0.29) is 0 Å². The molecule has 0 unspecified atom stereocenters. The van der Waals surface area contributed by atoms with Crippen molar-refractivity contribution in [2.45, 2.75) is 52.5 Å².